The van der Waals surface area contributed by atoms with Gasteiger partial charge in [-0.25, -0.2) is 4.79 Å². The number of ether oxygens (including phenoxy) is 1. The van der Waals surface area contributed by atoms with Gasteiger partial charge >= 0.3 is 5.97 Å². The molecule has 0 radical (unpaired) electrons. The molecule has 2 aromatic heterocycles. The van der Waals surface area contributed by atoms with Gasteiger partial charge in [-0.1, -0.05) is 11.3 Å². The van der Waals surface area contributed by atoms with Gasteiger partial charge in [-0.05, 0) is 19.8 Å². The molecule has 0 atom stereocenters. The molecule has 1 aliphatic carbocycles. The SMILES string of the molecule is CCOC(=O)c1nn2c(C3CC3)nnc2s1. The van der Waals surface area contributed by atoms with Crippen molar-refractivity contribution in [3.63, 3.8) is 0 Å². The number of aromatic nitrogens is 4. The van der Waals surface area contributed by atoms with Gasteiger partial charge in [0.05, 0.1) is 6.61 Å². The lowest BCUT2D eigenvalue weighted by Crippen LogP contribution is -2.05. The fourth-order valence-corrected chi connectivity index (χ4v) is 2.24. The number of esters is 1. The lowest BCUT2D eigenvalue weighted by Gasteiger charge is -1.95. The second-order valence-corrected chi connectivity index (χ2v) is 4.61. The van der Waals surface area contributed by atoms with Crippen LogP contribution in [-0.2, 0) is 4.74 Å². The monoisotopic (exact) mass is 238 g/mol. The molecule has 0 aliphatic heterocycles. The van der Waals surface area contributed by atoms with Crippen LogP contribution in [0.5, 0.6) is 0 Å². The Labute approximate surface area is 95.2 Å². The average molecular weight is 238 g/mol. The second-order valence-electron chi connectivity index (χ2n) is 3.65. The number of fused-ring (bicyclic) bond motifs is 1. The third-order valence-electron chi connectivity index (χ3n) is 2.41. The third kappa shape index (κ3) is 1.47. The summed E-state index contributed by atoms with van der Waals surface area (Å²) in [5.74, 6) is 0.939. The summed E-state index contributed by atoms with van der Waals surface area (Å²) in [5, 5.41) is 12.6. The Bertz CT molecular complexity index is 543. The van der Waals surface area contributed by atoms with E-state index in [0.717, 1.165) is 18.7 Å². The summed E-state index contributed by atoms with van der Waals surface area (Å²) in [5.41, 5.74) is 0. The number of carbonyl (C=O) groups is 1. The van der Waals surface area contributed by atoms with Gasteiger partial charge in [-0.3, -0.25) is 0 Å². The first-order valence-electron chi connectivity index (χ1n) is 5.19. The van der Waals surface area contributed by atoms with Gasteiger partial charge in [-0.2, -0.15) is 4.52 Å². The fourth-order valence-electron chi connectivity index (χ4n) is 1.50. The van der Waals surface area contributed by atoms with Crippen LogP contribution in [0.2, 0.25) is 0 Å². The highest BCUT2D eigenvalue weighted by Crippen LogP contribution is 2.39. The van der Waals surface area contributed by atoms with E-state index in [1.165, 1.54) is 11.3 Å². The number of rotatable bonds is 3. The van der Waals surface area contributed by atoms with E-state index in [4.69, 9.17) is 4.74 Å². The number of carbonyl (C=O) groups excluding carboxylic acids is 1. The van der Waals surface area contributed by atoms with Gasteiger partial charge in [0, 0.05) is 5.92 Å². The predicted octanol–water partition coefficient (Wildman–Crippen LogP) is 1.24. The van der Waals surface area contributed by atoms with Crippen LogP contribution in [0.4, 0.5) is 0 Å². The van der Waals surface area contributed by atoms with Crippen LogP contribution in [0.3, 0.4) is 0 Å². The molecule has 7 heteroatoms. The molecule has 0 aromatic carbocycles. The summed E-state index contributed by atoms with van der Waals surface area (Å²) in [4.78, 5) is 12.1. The summed E-state index contributed by atoms with van der Waals surface area (Å²) in [6.07, 6.45) is 2.26. The average Bonchev–Trinajstić information content (AvgIpc) is 2.89. The van der Waals surface area contributed by atoms with E-state index in [9.17, 15) is 4.79 Å². The standard InChI is InChI=1S/C9H10N4O2S/c1-2-15-8(14)7-12-13-6(5-3-4-5)10-11-9(13)16-7/h5H,2-4H2,1H3. The van der Waals surface area contributed by atoms with E-state index >= 15 is 0 Å². The molecule has 0 N–H and O–H groups in total. The van der Waals surface area contributed by atoms with E-state index in [1.807, 2.05) is 0 Å². The van der Waals surface area contributed by atoms with Crippen LogP contribution in [0.25, 0.3) is 4.96 Å². The summed E-state index contributed by atoms with van der Waals surface area (Å²) >= 11 is 1.22. The first kappa shape index (κ1) is 9.71. The van der Waals surface area contributed by atoms with E-state index < -0.39 is 0 Å². The molecule has 0 amide bonds. The molecule has 0 spiro atoms. The van der Waals surface area contributed by atoms with E-state index in [1.54, 1.807) is 11.4 Å². The van der Waals surface area contributed by atoms with Crippen LogP contribution >= 0.6 is 11.3 Å². The number of hydrogen-bond acceptors (Lipinski definition) is 6. The Morgan fingerprint density at radius 1 is 1.56 bits per heavy atom. The second kappa shape index (κ2) is 3.51. The molecule has 0 bridgehead atoms. The fraction of sp³-hybridized carbons (Fsp3) is 0.556. The highest BCUT2D eigenvalue weighted by atomic mass is 32.1. The molecule has 84 valence electrons. The van der Waals surface area contributed by atoms with E-state index in [-0.39, 0.29) is 5.97 Å². The topological polar surface area (TPSA) is 69.4 Å². The minimum Gasteiger partial charge on any atom is -0.461 e. The van der Waals surface area contributed by atoms with E-state index in [0.29, 0.717) is 22.5 Å². The predicted molar refractivity (Wildman–Crippen MR) is 56.6 cm³/mol. The molecule has 3 rings (SSSR count). The molecule has 1 fully saturated rings. The van der Waals surface area contributed by atoms with Crippen molar-refractivity contribution in [2.24, 2.45) is 0 Å². The summed E-state index contributed by atoms with van der Waals surface area (Å²) in [6, 6.07) is 0. The van der Waals surface area contributed by atoms with Crippen molar-refractivity contribution in [2.45, 2.75) is 25.7 Å². The van der Waals surface area contributed by atoms with Crippen molar-refractivity contribution in [2.75, 3.05) is 6.61 Å². The molecule has 0 saturated heterocycles. The van der Waals surface area contributed by atoms with Crippen LogP contribution < -0.4 is 0 Å². The molecule has 2 heterocycles. The first-order chi connectivity index (χ1) is 7.79. The normalized spacial score (nSPS) is 15.6. The molecule has 1 aliphatic rings. The highest BCUT2D eigenvalue weighted by molar-refractivity contribution is 7.18. The van der Waals surface area contributed by atoms with Crippen molar-refractivity contribution < 1.29 is 9.53 Å². The van der Waals surface area contributed by atoms with E-state index in [2.05, 4.69) is 15.3 Å². The Morgan fingerprint density at radius 2 is 2.38 bits per heavy atom. The van der Waals surface area contributed by atoms with Gasteiger partial charge in [0.1, 0.15) is 0 Å². The Balaban J connectivity index is 1.99. The zero-order chi connectivity index (χ0) is 11.1. The summed E-state index contributed by atoms with van der Waals surface area (Å²) in [7, 11) is 0. The maximum atomic E-state index is 11.5. The zero-order valence-electron chi connectivity index (χ0n) is 8.71. The van der Waals surface area contributed by atoms with Crippen LogP contribution in [-0.4, -0.2) is 32.4 Å². The lowest BCUT2D eigenvalue weighted by molar-refractivity contribution is 0.0524. The smallest absolute Gasteiger partial charge is 0.369 e. The highest BCUT2D eigenvalue weighted by Gasteiger charge is 2.30. The maximum Gasteiger partial charge on any atom is 0.369 e. The minimum absolute atomic E-state index is 0.341. The van der Waals surface area contributed by atoms with Crippen LogP contribution in [0, 0.1) is 0 Å². The molecule has 1 saturated carbocycles. The van der Waals surface area contributed by atoms with Gasteiger partial charge in [0.25, 0.3) is 0 Å². The van der Waals surface area contributed by atoms with Crippen molar-refractivity contribution in [3.05, 3.63) is 10.8 Å². The molecule has 0 unspecified atom stereocenters. The number of hydrogen-bond donors (Lipinski definition) is 0. The van der Waals surface area contributed by atoms with Crippen LogP contribution in [0.15, 0.2) is 0 Å². The van der Waals surface area contributed by atoms with Gasteiger partial charge in [-0.15, -0.1) is 15.3 Å². The van der Waals surface area contributed by atoms with Crippen molar-refractivity contribution in [1.82, 2.24) is 19.8 Å². The van der Waals surface area contributed by atoms with Gasteiger partial charge < -0.3 is 4.74 Å². The summed E-state index contributed by atoms with van der Waals surface area (Å²) < 4.78 is 6.55. The van der Waals surface area contributed by atoms with Crippen LogP contribution in [0.1, 0.15) is 41.3 Å². The Kier molecular flexibility index (Phi) is 2.13. The lowest BCUT2D eigenvalue weighted by atomic mass is 10.4. The Hall–Kier alpha value is -1.50. The maximum absolute atomic E-state index is 11.5. The van der Waals surface area contributed by atoms with Crippen molar-refractivity contribution >= 4 is 22.3 Å². The van der Waals surface area contributed by atoms with Gasteiger partial charge in [0.2, 0.25) is 9.97 Å². The van der Waals surface area contributed by atoms with Crippen molar-refractivity contribution in [3.8, 4) is 0 Å². The molecule has 16 heavy (non-hydrogen) atoms. The molecule has 2 aromatic rings. The summed E-state index contributed by atoms with van der Waals surface area (Å²) in [6.45, 7) is 2.13. The molecular formula is C9H10N4O2S. The van der Waals surface area contributed by atoms with Gasteiger partial charge in [0.15, 0.2) is 5.82 Å². The number of nitrogens with zero attached hydrogens (tertiary/aromatic N) is 4. The third-order valence-corrected chi connectivity index (χ3v) is 3.29. The van der Waals surface area contributed by atoms with Crippen molar-refractivity contribution in [1.29, 1.82) is 0 Å². The molecule has 6 nitrogen and oxygen atoms in total. The first-order valence-corrected chi connectivity index (χ1v) is 6.00. The quantitative estimate of drug-likeness (QED) is 0.752. The zero-order valence-corrected chi connectivity index (χ0v) is 9.53. The Morgan fingerprint density at radius 3 is 3.06 bits per heavy atom. The minimum atomic E-state index is -0.389. The largest absolute Gasteiger partial charge is 0.461 e. The molecular weight excluding hydrogens is 228 g/mol.